The summed E-state index contributed by atoms with van der Waals surface area (Å²) in [4.78, 5) is 15.7. The SMILES string of the molecule is N#Cc1c(F)cccc1NCCNC(=O)c1cccnc1SC(F)(F)F. The number of anilines is 1. The minimum Gasteiger partial charge on any atom is -0.382 e. The van der Waals surface area contributed by atoms with Gasteiger partial charge in [0, 0.05) is 31.0 Å². The first-order valence-corrected chi connectivity index (χ1v) is 8.05. The Hall–Kier alpha value is -2.80. The number of amides is 1. The second-order valence-electron chi connectivity index (χ2n) is 4.86. The predicted octanol–water partition coefficient (Wildman–Crippen LogP) is 3.55. The molecule has 1 amide bonds. The Morgan fingerprint density at radius 3 is 2.69 bits per heavy atom. The van der Waals surface area contributed by atoms with Crippen LogP contribution < -0.4 is 10.6 Å². The van der Waals surface area contributed by atoms with Crippen LogP contribution in [0.5, 0.6) is 0 Å². The Labute approximate surface area is 150 Å². The Kier molecular flexibility index (Phi) is 6.41. The van der Waals surface area contributed by atoms with Gasteiger partial charge in [-0.15, -0.1) is 0 Å². The standard InChI is InChI=1S/C16H12F4N4OS/c17-12-4-1-5-13(11(12)9-21)22-7-8-23-14(25)10-3-2-6-24-15(10)26-16(18,19)20/h1-6,22H,7-8H2,(H,23,25). The number of pyridine rings is 1. The van der Waals surface area contributed by atoms with Gasteiger partial charge in [-0.25, -0.2) is 9.37 Å². The molecule has 0 saturated carbocycles. The van der Waals surface area contributed by atoms with E-state index in [9.17, 15) is 22.4 Å². The average molecular weight is 384 g/mol. The predicted molar refractivity (Wildman–Crippen MR) is 88.1 cm³/mol. The molecule has 26 heavy (non-hydrogen) atoms. The summed E-state index contributed by atoms with van der Waals surface area (Å²) in [5, 5.41) is 13.7. The zero-order valence-electron chi connectivity index (χ0n) is 13.1. The quantitative estimate of drug-likeness (QED) is 0.453. The molecule has 0 unspecified atom stereocenters. The maximum absolute atomic E-state index is 13.5. The minimum absolute atomic E-state index is 0.0469. The maximum Gasteiger partial charge on any atom is 0.447 e. The first kappa shape index (κ1) is 19.5. The molecule has 2 N–H and O–H groups in total. The van der Waals surface area contributed by atoms with Crippen LogP contribution in [-0.2, 0) is 0 Å². The van der Waals surface area contributed by atoms with E-state index in [-0.39, 0.29) is 29.9 Å². The average Bonchev–Trinajstić information content (AvgIpc) is 2.57. The van der Waals surface area contributed by atoms with Crippen molar-refractivity contribution >= 4 is 23.4 Å². The van der Waals surface area contributed by atoms with E-state index in [4.69, 9.17) is 5.26 Å². The number of hydrogen-bond acceptors (Lipinski definition) is 5. The second-order valence-corrected chi connectivity index (χ2v) is 5.91. The fourth-order valence-corrected chi connectivity index (χ4v) is 2.61. The molecule has 2 aromatic rings. The Bertz CT molecular complexity index is 836. The number of nitriles is 1. The second kappa shape index (κ2) is 8.53. The molecule has 1 heterocycles. The van der Waals surface area contributed by atoms with Crippen LogP contribution in [-0.4, -0.2) is 29.5 Å². The van der Waals surface area contributed by atoms with E-state index < -0.39 is 34.0 Å². The molecular formula is C16H12F4N4OS. The van der Waals surface area contributed by atoms with Crippen LogP contribution in [0, 0.1) is 17.1 Å². The minimum atomic E-state index is -4.56. The van der Waals surface area contributed by atoms with Crippen molar-refractivity contribution in [3.8, 4) is 6.07 Å². The molecule has 2 rings (SSSR count). The Morgan fingerprint density at radius 2 is 2.00 bits per heavy atom. The lowest BCUT2D eigenvalue weighted by Crippen LogP contribution is -2.29. The van der Waals surface area contributed by atoms with Crippen LogP contribution >= 0.6 is 11.8 Å². The van der Waals surface area contributed by atoms with Crippen LogP contribution in [0.2, 0.25) is 0 Å². The summed E-state index contributed by atoms with van der Waals surface area (Å²) >= 11 is -0.467. The lowest BCUT2D eigenvalue weighted by molar-refractivity contribution is -0.0329. The van der Waals surface area contributed by atoms with E-state index in [1.54, 1.807) is 6.07 Å². The lowest BCUT2D eigenvalue weighted by atomic mass is 10.2. The van der Waals surface area contributed by atoms with Crippen molar-refractivity contribution in [2.24, 2.45) is 0 Å². The van der Waals surface area contributed by atoms with Crippen LogP contribution in [0.1, 0.15) is 15.9 Å². The van der Waals surface area contributed by atoms with Crippen molar-refractivity contribution in [2.75, 3.05) is 18.4 Å². The molecular weight excluding hydrogens is 372 g/mol. The van der Waals surface area contributed by atoms with Gasteiger partial charge in [-0.05, 0) is 24.3 Å². The first-order valence-electron chi connectivity index (χ1n) is 7.23. The number of nitrogens with one attached hydrogen (secondary N) is 2. The summed E-state index contributed by atoms with van der Waals surface area (Å²) in [7, 11) is 0. The number of nitrogens with zero attached hydrogens (tertiary/aromatic N) is 2. The normalized spacial score (nSPS) is 10.9. The molecule has 1 aromatic carbocycles. The summed E-state index contributed by atoms with van der Waals surface area (Å²) in [6.07, 6.45) is 1.17. The van der Waals surface area contributed by atoms with Crippen molar-refractivity contribution in [2.45, 2.75) is 10.5 Å². The first-order chi connectivity index (χ1) is 12.3. The maximum atomic E-state index is 13.5. The third-order valence-corrected chi connectivity index (χ3v) is 3.83. The van der Waals surface area contributed by atoms with E-state index >= 15 is 0 Å². The number of carbonyl (C=O) groups excluding carboxylic acids is 1. The van der Waals surface area contributed by atoms with E-state index in [2.05, 4.69) is 15.6 Å². The van der Waals surface area contributed by atoms with Crippen molar-refractivity contribution in [1.82, 2.24) is 10.3 Å². The highest BCUT2D eigenvalue weighted by molar-refractivity contribution is 8.00. The van der Waals surface area contributed by atoms with Gasteiger partial charge in [-0.3, -0.25) is 4.79 Å². The molecule has 0 aliphatic rings. The monoisotopic (exact) mass is 384 g/mol. The summed E-state index contributed by atoms with van der Waals surface area (Å²) in [6.45, 7) is 0.192. The molecule has 136 valence electrons. The molecule has 0 aliphatic carbocycles. The highest BCUT2D eigenvalue weighted by Gasteiger charge is 2.32. The van der Waals surface area contributed by atoms with E-state index in [0.29, 0.717) is 0 Å². The summed E-state index contributed by atoms with van der Waals surface area (Å²) in [5.74, 6) is -1.39. The fraction of sp³-hybridized carbons (Fsp3) is 0.188. The third kappa shape index (κ3) is 5.35. The highest BCUT2D eigenvalue weighted by Crippen LogP contribution is 2.37. The van der Waals surface area contributed by atoms with Crippen molar-refractivity contribution < 1.29 is 22.4 Å². The lowest BCUT2D eigenvalue weighted by Gasteiger charge is -2.12. The van der Waals surface area contributed by atoms with Crippen molar-refractivity contribution in [3.63, 3.8) is 0 Å². The smallest absolute Gasteiger partial charge is 0.382 e. The van der Waals surface area contributed by atoms with Gasteiger partial charge in [0.25, 0.3) is 5.91 Å². The topological polar surface area (TPSA) is 77.8 Å². The number of alkyl halides is 3. The van der Waals surface area contributed by atoms with Gasteiger partial charge in [-0.2, -0.15) is 18.4 Å². The summed E-state index contributed by atoms with van der Waals surface area (Å²) < 4.78 is 51.0. The van der Waals surface area contributed by atoms with Gasteiger partial charge < -0.3 is 10.6 Å². The summed E-state index contributed by atoms with van der Waals surface area (Å²) in [5.41, 5.74) is -4.65. The van der Waals surface area contributed by atoms with Crippen LogP contribution in [0.3, 0.4) is 0 Å². The van der Waals surface area contributed by atoms with E-state index in [1.165, 1.54) is 30.5 Å². The van der Waals surface area contributed by atoms with E-state index in [1.807, 2.05) is 0 Å². The molecule has 0 saturated heterocycles. The van der Waals surface area contributed by atoms with Crippen molar-refractivity contribution in [1.29, 1.82) is 5.26 Å². The van der Waals surface area contributed by atoms with Crippen LogP contribution in [0.15, 0.2) is 41.6 Å². The van der Waals surface area contributed by atoms with Crippen molar-refractivity contribution in [3.05, 3.63) is 53.5 Å². The number of aromatic nitrogens is 1. The zero-order chi connectivity index (χ0) is 19.2. The number of rotatable bonds is 6. The van der Waals surface area contributed by atoms with Gasteiger partial charge in [0.05, 0.1) is 11.3 Å². The molecule has 0 radical (unpaired) electrons. The molecule has 0 aliphatic heterocycles. The van der Waals surface area contributed by atoms with Crippen LogP contribution in [0.25, 0.3) is 0 Å². The molecule has 0 bridgehead atoms. The van der Waals surface area contributed by atoms with Gasteiger partial charge in [-0.1, -0.05) is 6.07 Å². The molecule has 0 spiro atoms. The van der Waals surface area contributed by atoms with Gasteiger partial charge in [0.1, 0.15) is 22.5 Å². The largest absolute Gasteiger partial charge is 0.447 e. The Morgan fingerprint density at radius 1 is 1.23 bits per heavy atom. The molecule has 0 atom stereocenters. The van der Waals surface area contributed by atoms with Gasteiger partial charge in [0.15, 0.2) is 0 Å². The van der Waals surface area contributed by atoms with E-state index in [0.717, 1.165) is 6.07 Å². The molecule has 1 aromatic heterocycles. The molecule has 5 nitrogen and oxygen atoms in total. The number of benzene rings is 1. The third-order valence-electron chi connectivity index (χ3n) is 3.08. The highest BCUT2D eigenvalue weighted by atomic mass is 32.2. The number of halogens is 4. The number of thioether (sulfide) groups is 1. The molecule has 0 fully saturated rings. The van der Waals surface area contributed by atoms with Gasteiger partial charge >= 0.3 is 5.51 Å². The zero-order valence-corrected chi connectivity index (χ0v) is 13.9. The van der Waals surface area contributed by atoms with Gasteiger partial charge in [0.2, 0.25) is 0 Å². The number of carbonyl (C=O) groups is 1. The number of hydrogen-bond donors (Lipinski definition) is 2. The molecule has 10 heteroatoms. The van der Waals surface area contributed by atoms with Crippen LogP contribution in [0.4, 0.5) is 23.2 Å². The Balaban J connectivity index is 1.94. The summed E-state index contributed by atoms with van der Waals surface area (Å²) in [6, 6.07) is 8.40. The fourth-order valence-electron chi connectivity index (χ4n) is 2.01.